The summed E-state index contributed by atoms with van der Waals surface area (Å²) in [7, 11) is 3.34. The van der Waals surface area contributed by atoms with Crippen LogP contribution >= 0.6 is 11.6 Å². The second-order valence-corrected chi connectivity index (χ2v) is 6.58. The van der Waals surface area contributed by atoms with E-state index in [1.165, 1.54) is 6.42 Å². The minimum Gasteiger partial charge on any atom is -0.496 e. The van der Waals surface area contributed by atoms with Gasteiger partial charge in [0.15, 0.2) is 0 Å². The van der Waals surface area contributed by atoms with E-state index >= 15 is 0 Å². The molecule has 118 valence electrons. The normalized spacial score (nSPS) is 27.4. The Morgan fingerprint density at radius 2 is 2.19 bits per heavy atom. The van der Waals surface area contributed by atoms with Gasteiger partial charge in [0.05, 0.1) is 18.8 Å². The number of aliphatic hydroxyl groups excluding tert-OH is 1. The molecule has 0 heterocycles. The monoisotopic (exact) mass is 312 g/mol. The fourth-order valence-corrected chi connectivity index (χ4v) is 3.66. The van der Waals surface area contributed by atoms with E-state index in [9.17, 15) is 5.11 Å². The Balaban J connectivity index is 2.19. The number of rotatable bonds is 5. The SMILES string of the molecule is COc1ccc(Cl)cc1CC(O)C1(OC)CCCC(C)C1. The van der Waals surface area contributed by atoms with Crippen LogP contribution in [0, 0.1) is 5.92 Å². The van der Waals surface area contributed by atoms with Crippen LogP contribution in [0.15, 0.2) is 18.2 Å². The van der Waals surface area contributed by atoms with Crippen LogP contribution < -0.4 is 4.74 Å². The molecular weight excluding hydrogens is 288 g/mol. The van der Waals surface area contributed by atoms with Crippen molar-refractivity contribution >= 4 is 11.6 Å². The van der Waals surface area contributed by atoms with Crippen molar-refractivity contribution in [2.75, 3.05) is 14.2 Å². The second kappa shape index (κ2) is 6.99. The lowest BCUT2D eigenvalue weighted by molar-refractivity contribution is -0.131. The second-order valence-electron chi connectivity index (χ2n) is 6.15. The van der Waals surface area contributed by atoms with Crippen molar-refractivity contribution < 1.29 is 14.6 Å². The minimum absolute atomic E-state index is 0.453. The summed E-state index contributed by atoms with van der Waals surface area (Å²) in [6, 6.07) is 5.50. The van der Waals surface area contributed by atoms with Gasteiger partial charge in [-0.05, 0) is 42.5 Å². The van der Waals surface area contributed by atoms with Gasteiger partial charge in [0.25, 0.3) is 0 Å². The molecule has 1 aliphatic rings. The Hall–Kier alpha value is -0.770. The van der Waals surface area contributed by atoms with E-state index in [-0.39, 0.29) is 0 Å². The van der Waals surface area contributed by atoms with Gasteiger partial charge in [-0.15, -0.1) is 0 Å². The molecule has 3 nitrogen and oxygen atoms in total. The average molecular weight is 313 g/mol. The first-order chi connectivity index (χ1) is 10.0. The predicted octanol–water partition coefficient (Wildman–Crippen LogP) is 3.85. The summed E-state index contributed by atoms with van der Waals surface area (Å²) < 4.78 is 11.1. The molecule has 0 bridgehead atoms. The zero-order valence-corrected chi connectivity index (χ0v) is 13.8. The summed E-state index contributed by atoms with van der Waals surface area (Å²) >= 11 is 6.07. The molecule has 0 aliphatic heterocycles. The summed E-state index contributed by atoms with van der Waals surface area (Å²) in [4.78, 5) is 0. The minimum atomic E-state index is -0.558. The van der Waals surface area contributed by atoms with Crippen molar-refractivity contribution in [3.63, 3.8) is 0 Å². The third-order valence-electron chi connectivity index (χ3n) is 4.66. The molecular formula is C17H25ClO3. The first-order valence-electron chi connectivity index (χ1n) is 7.56. The molecule has 0 saturated heterocycles. The quantitative estimate of drug-likeness (QED) is 0.897. The van der Waals surface area contributed by atoms with Gasteiger partial charge in [-0.2, -0.15) is 0 Å². The predicted molar refractivity (Wildman–Crippen MR) is 85.1 cm³/mol. The number of hydrogen-bond donors (Lipinski definition) is 1. The molecule has 0 aromatic heterocycles. The zero-order chi connectivity index (χ0) is 15.5. The van der Waals surface area contributed by atoms with Crippen LogP contribution in [0.25, 0.3) is 0 Å². The highest BCUT2D eigenvalue weighted by Gasteiger charge is 2.41. The van der Waals surface area contributed by atoms with Crippen LogP contribution in [-0.4, -0.2) is 31.0 Å². The number of ether oxygens (including phenoxy) is 2. The highest BCUT2D eigenvalue weighted by atomic mass is 35.5. The summed E-state index contributed by atoms with van der Waals surface area (Å²) in [5.41, 5.74) is 0.470. The van der Waals surface area contributed by atoms with Gasteiger partial charge in [-0.1, -0.05) is 31.4 Å². The summed E-state index contributed by atoms with van der Waals surface area (Å²) in [5.74, 6) is 1.34. The third-order valence-corrected chi connectivity index (χ3v) is 4.90. The highest BCUT2D eigenvalue weighted by Crippen LogP contribution is 2.39. The Morgan fingerprint density at radius 1 is 1.43 bits per heavy atom. The van der Waals surface area contributed by atoms with Crippen molar-refractivity contribution in [2.45, 2.75) is 50.7 Å². The lowest BCUT2D eigenvalue weighted by Crippen LogP contribution is -2.48. The van der Waals surface area contributed by atoms with Gasteiger partial charge in [-0.25, -0.2) is 0 Å². The summed E-state index contributed by atoms with van der Waals surface area (Å²) in [6.45, 7) is 2.22. The van der Waals surface area contributed by atoms with Gasteiger partial charge in [-0.3, -0.25) is 0 Å². The maximum Gasteiger partial charge on any atom is 0.122 e. The molecule has 1 aromatic carbocycles. The molecule has 1 aliphatic carbocycles. The topological polar surface area (TPSA) is 38.7 Å². The smallest absolute Gasteiger partial charge is 0.122 e. The molecule has 1 fully saturated rings. The molecule has 1 N–H and O–H groups in total. The van der Waals surface area contributed by atoms with E-state index in [2.05, 4.69) is 6.92 Å². The van der Waals surface area contributed by atoms with Crippen LogP contribution in [0.5, 0.6) is 5.75 Å². The molecule has 3 unspecified atom stereocenters. The van der Waals surface area contributed by atoms with Gasteiger partial charge < -0.3 is 14.6 Å². The van der Waals surface area contributed by atoms with Crippen molar-refractivity contribution in [3.05, 3.63) is 28.8 Å². The average Bonchev–Trinajstić information content (AvgIpc) is 2.47. The highest BCUT2D eigenvalue weighted by molar-refractivity contribution is 6.30. The maximum atomic E-state index is 10.8. The van der Waals surface area contributed by atoms with Crippen LogP contribution in [-0.2, 0) is 11.2 Å². The Labute approximate surface area is 132 Å². The number of hydrogen-bond acceptors (Lipinski definition) is 3. The van der Waals surface area contributed by atoms with Crippen LogP contribution in [0.3, 0.4) is 0 Å². The molecule has 1 saturated carbocycles. The standard InChI is InChI=1S/C17H25ClO3/c1-12-5-4-8-17(11-12,21-3)16(19)10-13-9-14(18)6-7-15(13)20-2/h6-7,9,12,16,19H,4-5,8,10-11H2,1-3H3. The van der Waals surface area contributed by atoms with Gasteiger partial charge in [0, 0.05) is 18.6 Å². The molecule has 2 rings (SSSR count). The van der Waals surface area contributed by atoms with Gasteiger partial charge in [0.2, 0.25) is 0 Å². The van der Waals surface area contributed by atoms with Crippen LogP contribution in [0.2, 0.25) is 5.02 Å². The van der Waals surface area contributed by atoms with E-state index < -0.39 is 11.7 Å². The Kier molecular flexibility index (Phi) is 5.53. The number of halogens is 1. The zero-order valence-electron chi connectivity index (χ0n) is 13.1. The van der Waals surface area contributed by atoms with E-state index in [4.69, 9.17) is 21.1 Å². The van der Waals surface area contributed by atoms with Gasteiger partial charge >= 0.3 is 0 Å². The summed E-state index contributed by atoms with van der Waals surface area (Å²) in [5, 5.41) is 11.4. The molecule has 0 radical (unpaired) electrons. The molecule has 21 heavy (non-hydrogen) atoms. The fraction of sp³-hybridized carbons (Fsp3) is 0.647. The Bertz CT molecular complexity index is 477. The lowest BCUT2D eigenvalue weighted by Gasteiger charge is -2.42. The fourth-order valence-electron chi connectivity index (χ4n) is 3.47. The van der Waals surface area contributed by atoms with Crippen molar-refractivity contribution in [3.8, 4) is 5.75 Å². The third kappa shape index (κ3) is 3.71. The molecule has 4 heteroatoms. The lowest BCUT2D eigenvalue weighted by atomic mass is 9.74. The van der Waals surface area contributed by atoms with E-state index in [1.807, 2.05) is 12.1 Å². The van der Waals surface area contributed by atoms with E-state index in [1.54, 1.807) is 20.3 Å². The largest absolute Gasteiger partial charge is 0.496 e. The van der Waals surface area contributed by atoms with E-state index in [0.29, 0.717) is 17.4 Å². The number of benzene rings is 1. The van der Waals surface area contributed by atoms with Crippen molar-refractivity contribution in [1.29, 1.82) is 0 Å². The molecule has 1 aromatic rings. The first kappa shape index (κ1) is 16.6. The number of aliphatic hydroxyl groups is 1. The van der Waals surface area contributed by atoms with Gasteiger partial charge in [0.1, 0.15) is 5.75 Å². The van der Waals surface area contributed by atoms with E-state index in [0.717, 1.165) is 30.6 Å². The maximum absolute atomic E-state index is 10.8. The Morgan fingerprint density at radius 3 is 2.81 bits per heavy atom. The summed E-state index contributed by atoms with van der Waals surface area (Å²) in [6.07, 6.45) is 4.03. The van der Waals surface area contributed by atoms with Crippen LogP contribution in [0.1, 0.15) is 38.2 Å². The van der Waals surface area contributed by atoms with Crippen molar-refractivity contribution in [1.82, 2.24) is 0 Å². The number of methoxy groups -OCH3 is 2. The van der Waals surface area contributed by atoms with Crippen LogP contribution in [0.4, 0.5) is 0 Å². The molecule has 0 spiro atoms. The molecule has 3 atom stereocenters. The molecule has 0 amide bonds. The van der Waals surface area contributed by atoms with Crippen molar-refractivity contribution in [2.24, 2.45) is 5.92 Å². The first-order valence-corrected chi connectivity index (χ1v) is 7.94.